The van der Waals surface area contributed by atoms with Crippen LogP contribution >= 0.6 is 0 Å². The summed E-state index contributed by atoms with van der Waals surface area (Å²) < 4.78 is 3.21. The highest BCUT2D eigenvalue weighted by molar-refractivity contribution is 5.72. The Hall–Kier alpha value is -1.65. The van der Waals surface area contributed by atoms with E-state index in [1.165, 1.54) is 4.68 Å². The maximum absolute atomic E-state index is 12.1. The Kier molecular flexibility index (Phi) is 1.92. The van der Waals surface area contributed by atoms with Gasteiger partial charge in [-0.05, 0) is 26.8 Å². The van der Waals surface area contributed by atoms with Gasteiger partial charge in [0.1, 0.15) is 5.52 Å². The predicted molar refractivity (Wildman–Crippen MR) is 57.8 cm³/mol. The van der Waals surface area contributed by atoms with Gasteiger partial charge in [0.25, 0.3) is 5.56 Å². The van der Waals surface area contributed by atoms with Crippen molar-refractivity contribution in [2.24, 2.45) is 7.05 Å². The number of pyridine rings is 1. The van der Waals surface area contributed by atoms with Gasteiger partial charge < -0.3 is 4.57 Å². The zero-order chi connectivity index (χ0) is 11.2. The van der Waals surface area contributed by atoms with E-state index in [0.717, 1.165) is 0 Å². The van der Waals surface area contributed by atoms with E-state index in [-0.39, 0.29) is 11.1 Å². The smallest absolute Gasteiger partial charge is 0.278 e. The maximum Gasteiger partial charge on any atom is 0.278 e. The van der Waals surface area contributed by atoms with Crippen molar-refractivity contribution in [1.29, 1.82) is 0 Å². The molecule has 0 N–H and O–H groups in total. The van der Waals surface area contributed by atoms with Crippen molar-refractivity contribution in [1.82, 2.24) is 19.6 Å². The molecule has 0 fully saturated rings. The van der Waals surface area contributed by atoms with E-state index in [4.69, 9.17) is 0 Å². The van der Waals surface area contributed by atoms with E-state index in [1.807, 2.05) is 26.8 Å². The predicted octanol–water partition coefficient (Wildman–Crippen LogP) is 0.885. The molecule has 0 bridgehead atoms. The molecule has 0 radical (unpaired) electrons. The Bertz CT molecular complexity index is 559. The monoisotopic (exact) mass is 206 g/mol. The summed E-state index contributed by atoms with van der Waals surface area (Å²) in [5, 5.41) is 7.73. The molecule has 0 atom stereocenters. The maximum atomic E-state index is 12.1. The molecule has 0 aliphatic rings. The summed E-state index contributed by atoms with van der Waals surface area (Å²) in [4.78, 5) is 12.1. The molecule has 2 rings (SSSR count). The number of aryl methyl sites for hydroxylation is 1. The Labute approximate surface area is 87.3 Å². The molecule has 2 aromatic rings. The molecule has 0 spiro atoms. The second-order valence-electron chi connectivity index (χ2n) is 4.61. The second kappa shape index (κ2) is 2.92. The molecule has 0 amide bonds. The highest BCUT2D eigenvalue weighted by Crippen LogP contribution is 2.12. The zero-order valence-corrected chi connectivity index (χ0v) is 9.35. The van der Waals surface area contributed by atoms with Crippen LogP contribution in [0.1, 0.15) is 20.8 Å². The van der Waals surface area contributed by atoms with Crippen LogP contribution in [0.4, 0.5) is 0 Å². The van der Waals surface area contributed by atoms with E-state index in [2.05, 4.69) is 10.3 Å². The molecule has 15 heavy (non-hydrogen) atoms. The van der Waals surface area contributed by atoms with Crippen LogP contribution in [-0.2, 0) is 12.6 Å². The summed E-state index contributed by atoms with van der Waals surface area (Å²) in [6.07, 6.45) is 1.76. The lowest BCUT2D eigenvalue weighted by Gasteiger charge is -2.21. The van der Waals surface area contributed by atoms with Gasteiger partial charge in [-0.15, -0.1) is 5.10 Å². The van der Waals surface area contributed by atoms with Crippen molar-refractivity contribution in [2.45, 2.75) is 26.3 Å². The Morgan fingerprint density at radius 1 is 1.33 bits per heavy atom. The van der Waals surface area contributed by atoms with Crippen LogP contribution in [0.5, 0.6) is 0 Å². The van der Waals surface area contributed by atoms with Gasteiger partial charge in [0, 0.05) is 18.8 Å². The van der Waals surface area contributed by atoms with Gasteiger partial charge in [-0.2, -0.15) is 0 Å². The molecular weight excluding hydrogens is 192 g/mol. The first-order valence-electron chi connectivity index (χ1n) is 4.83. The summed E-state index contributed by atoms with van der Waals surface area (Å²) >= 11 is 0. The van der Waals surface area contributed by atoms with Crippen LogP contribution in [0.25, 0.3) is 11.0 Å². The van der Waals surface area contributed by atoms with Gasteiger partial charge in [-0.3, -0.25) is 4.79 Å². The third kappa shape index (κ3) is 1.44. The fourth-order valence-electron chi connectivity index (χ4n) is 1.59. The Balaban J connectivity index is 2.87. The number of hydrogen-bond acceptors (Lipinski definition) is 3. The first kappa shape index (κ1) is 9.89. The molecule has 5 heteroatoms. The molecule has 0 unspecified atom stereocenters. The highest BCUT2D eigenvalue weighted by Gasteiger charge is 2.17. The van der Waals surface area contributed by atoms with Crippen molar-refractivity contribution < 1.29 is 0 Å². The summed E-state index contributed by atoms with van der Waals surface area (Å²) in [5.74, 6) is 0. The molecule has 2 aromatic heterocycles. The number of fused-ring (bicyclic) bond motifs is 1. The van der Waals surface area contributed by atoms with E-state index in [9.17, 15) is 4.79 Å². The van der Waals surface area contributed by atoms with Crippen molar-refractivity contribution in [3.63, 3.8) is 0 Å². The molecule has 0 aliphatic heterocycles. The minimum absolute atomic E-state index is 0.0486. The van der Waals surface area contributed by atoms with Crippen LogP contribution in [0.3, 0.4) is 0 Å². The lowest BCUT2D eigenvalue weighted by Crippen LogP contribution is -2.33. The number of rotatable bonds is 0. The Morgan fingerprint density at radius 2 is 2.00 bits per heavy atom. The van der Waals surface area contributed by atoms with Gasteiger partial charge in [-0.25, -0.2) is 4.68 Å². The zero-order valence-electron chi connectivity index (χ0n) is 9.35. The fraction of sp³-hybridized carbons (Fsp3) is 0.500. The van der Waals surface area contributed by atoms with Crippen molar-refractivity contribution in [3.05, 3.63) is 22.6 Å². The average Bonchev–Trinajstić information content (AvgIpc) is 2.46. The van der Waals surface area contributed by atoms with Gasteiger partial charge in [0.05, 0.1) is 0 Å². The molecule has 5 nitrogen and oxygen atoms in total. The fourth-order valence-corrected chi connectivity index (χ4v) is 1.59. The standard InChI is InChI=1S/C10H14N4O/c1-10(2,3)14-6-5-7-8(9(14)15)13(4)12-11-7/h5-6H,1-4H3. The summed E-state index contributed by atoms with van der Waals surface area (Å²) in [5.41, 5.74) is 0.915. The Morgan fingerprint density at radius 3 is 2.60 bits per heavy atom. The van der Waals surface area contributed by atoms with Gasteiger partial charge in [0.2, 0.25) is 0 Å². The van der Waals surface area contributed by atoms with E-state index < -0.39 is 0 Å². The summed E-state index contributed by atoms with van der Waals surface area (Å²) in [7, 11) is 1.73. The number of nitrogens with zero attached hydrogens (tertiary/aromatic N) is 4. The van der Waals surface area contributed by atoms with Crippen molar-refractivity contribution >= 4 is 11.0 Å². The third-order valence-electron chi connectivity index (χ3n) is 2.38. The molecule has 0 saturated heterocycles. The minimum atomic E-state index is -0.227. The largest absolute Gasteiger partial charge is 0.308 e. The molecular formula is C10H14N4O. The number of hydrogen-bond donors (Lipinski definition) is 0. The van der Waals surface area contributed by atoms with Crippen molar-refractivity contribution in [2.75, 3.05) is 0 Å². The third-order valence-corrected chi connectivity index (χ3v) is 2.38. The summed E-state index contributed by atoms with van der Waals surface area (Å²) in [6.45, 7) is 5.97. The van der Waals surface area contributed by atoms with Crippen LogP contribution in [-0.4, -0.2) is 19.6 Å². The molecule has 0 aliphatic carbocycles. The quantitative estimate of drug-likeness (QED) is 0.643. The highest BCUT2D eigenvalue weighted by atomic mass is 16.1. The normalized spacial score (nSPS) is 12.3. The summed E-state index contributed by atoms with van der Waals surface area (Å²) in [6, 6.07) is 1.81. The first-order valence-corrected chi connectivity index (χ1v) is 4.83. The van der Waals surface area contributed by atoms with Gasteiger partial charge >= 0.3 is 0 Å². The topological polar surface area (TPSA) is 52.7 Å². The molecule has 80 valence electrons. The van der Waals surface area contributed by atoms with E-state index in [1.54, 1.807) is 17.8 Å². The van der Waals surface area contributed by atoms with Crippen LogP contribution in [0.15, 0.2) is 17.1 Å². The van der Waals surface area contributed by atoms with Gasteiger partial charge in [-0.1, -0.05) is 5.21 Å². The van der Waals surface area contributed by atoms with Crippen LogP contribution in [0, 0.1) is 0 Å². The lowest BCUT2D eigenvalue weighted by molar-refractivity contribution is 0.385. The van der Waals surface area contributed by atoms with E-state index in [0.29, 0.717) is 11.0 Å². The van der Waals surface area contributed by atoms with Crippen LogP contribution < -0.4 is 5.56 Å². The lowest BCUT2D eigenvalue weighted by atomic mass is 10.1. The van der Waals surface area contributed by atoms with Crippen LogP contribution in [0.2, 0.25) is 0 Å². The molecule has 0 saturated carbocycles. The number of aromatic nitrogens is 4. The second-order valence-corrected chi connectivity index (χ2v) is 4.61. The SMILES string of the molecule is Cn1nnc2ccn(C(C)(C)C)c(=O)c21. The van der Waals surface area contributed by atoms with Crippen molar-refractivity contribution in [3.8, 4) is 0 Å². The molecule has 2 heterocycles. The average molecular weight is 206 g/mol. The minimum Gasteiger partial charge on any atom is -0.308 e. The molecule has 0 aromatic carbocycles. The van der Waals surface area contributed by atoms with Gasteiger partial charge in [0.15, 0.2) is 5.52 Å². The van der Waals surface area contributed by atoms with E-state index >= 15 is 0 Å². The first-order chi connectivity index (χ1) is 6.91.